The van der Waals surface area contributed by atoms with Gasteiger partial charge < -0.3 is 29.5 Å². The Morgan fingerprint density at radius 3 is 2.68 bits per heavy atom. The van der Waals surface area contributed by atoms with E-state index in [2.05, 4.69) is 0 Å². The second kappa shape index (κ2) is 5.88. The minimum absolute atomic E-state index is 0.0128. The predicted molar refractivity (Wildman–Crippen MR) is 69.6 cm³/mol. The molecule has 9 heteroatoms. The predicted octanol–water partition coefficient (Wildman–Crippen LogP) is -0.552. The fourth-order valence-electron chi connectivity index (χ4n) is 2.55. The largest absolute Gasteiger partial charge is 0.387 e. The summed E-state index contributed by atoms with van der Waals surface area (Å²) in [7, 11) is 0. The van der Waals surface area contributed by atoms with Crippen LogP contribution in [0.2, 0.25) is 0 Å². The highest BCUT2D eigenvalue weighted by Gasteiger charge is 2.48. The molecule has 3 rings (SSSR count). The SMILES string of the molecule is O=[N+]([O-])c1cccc(C2OC[C@H]3OC(O)[C@H](O)[C@@H](O)[C@@H]3O2)c1. The van der Waals surface area contributed by atoms with Gasteiger partial charge in [0.05, 0.1) is 11.5 Å². The summed E-state index contributed by atoms with van der Waals surface area (Å²) < 4.78 is 16.1. The highest BCUT2D eigenvalue weighted by Crippen LogP contribution is 2.34. The molecule has 2 heterocycles. The van der Waals surface area contributed by atoms with Crippen molar-refractivity contribution in [3.05, 3.63) is 39.9 Å². The van der Waals surface area contributed by atoms with Crippen LogP contribution in [0.25, 0.3) is 0 Å². The van der Waals surface area contributed by atoms with Crippen molar-refractivity contribution in [2.45, 2.75) is 37.0 Å². The van der Waals surface area contributed by atoms with E-state index >= 15 is 0 Å². The molecule has 1 aromatic carbocycles. The smallest absolute Gasteiger partial charge is 0.269 e. The number of nitro groups is 1. The number of aliphatic hydroxyl groups excluding tert-OH is 3. The van der Waals surface area contributed by atoms with Crippen LogP contribution in [0.15, 0.2) is 24.3 Å². The number of aliphatic hydroxyl groups is 3. The Hall–Kier alpha value is -1.62. The lowest BCUT2D eigenvalue weighted by molar-refractivity contribution is -0.385. The van der Waals surface area contributed by atoms with Crippen molar-refractivity contribution < 1.29 is 34.5 Å². The number of hydrogen-bond donors (Lipinski definition) is 3. The highest BCUT2D eigenvalue weighted by molar-refractivity contribution is 5.35. The van der Waals surface area contributed by atoms with Crippen molar-refractivity contribution in [3.63, 3.8) is 0 Å². The molecule has 0 radical (unpaired) electrons. The van der Waals surface area contributed by atoms with Gasteiger partial charge in [-0.05, 0) is 0 Å². The highest BCUT2D eigenvalue weighted by atomic mass is 16.7. The van der Waals surface area contributed by atoms with Gasteiger partial charge in [-0.15, -0.1) is 0 Å². The number of fused-ring (bicyclic) bond motifs is 1. The van der Waals surface area contributed by atoms with Gasteiger partial charge in [0.2, 0.25) is 0 Å². The number of non-ortho nitro benzene ring substituents is 1. The molecule has 2 aliphatic heterocycles. The van der Waals surface area contributed by atoms with E-state index < -0.39 is 41.9 Å². The number of nitro benzene ring substituents is 1. The van der Waals surface area contributed by atoms with Crippen molar-refractivity contribution in [1.29, 1.82) is 0 Å². The summed E-state index contributed by atoms with van der Waals surface area (Å²) in [6.07, 6.45) is -6.93. The molecule has 2 fully saturated rings. The van der Waals surface area contributed by atoms with Crippen molar-refractivity contribution in [2.75, 3.05) is 6.61 Å². The van der Waals surface area contributed by atoms with Gasteiger partial charge in [-0.2, -0.15) is 0 Å². The fraction of sp³-hybridized carbons (Fsp3) is 0.538. The van der Waals surface area contributed by atoms with Crippen LogP contribution in [0, 0.1) is 10.1 Å². The zero-order chi connectivity index (χ0) is 15.9. The first-order chi connectivity index (χ1) is 10.5. The molecule has 0 bridgehead atoms. The standard InChI is InChI=1S/C13H15NO8/c15-9-10(16)12(17)21-8-5-20-13(22-11(8)9)6-2-1-3-7(4-6)14(18)19/h1-4,8-13,15-17H,5H2/t8-,9-,10-,11-,12?,13?/m1/s1. The third kappa shape index (κ3) is 2.70. The number of hydrogen-bond acceptors (Lipinski definition) is 8. The van der Waals surface area contributed by atoms with Gasteiger partial charge in [-0.1, -0.05) is 12.1 Å². The first kappa shape index (κ1) is 15.3. The Labute approximate surface area is 124 Å². The van der Waals surface area contributed by atoms with Crippen LogP contribution in [0.4, 0.5) is 5.69 Å². The summed E-state index contributed by atoms with van der Waals surface area (Å²) in [5.74, 6) is 0. The maximum atomic E-state index is 10.8. The normalized spacial score (nSPS) is 38.3. The summed E-state index contributed by atoms with van der Waals surface area (Å²) in [5.41, 5.74) is 0.309. The minimum Gasteiger partial charge on any atom is -0.387 e. The molecular weight excluding hydrogens is 298 g/mol. The zero-order valence-corrected chi connectivity index (χ0v) is 11.3. The second-order valence-electron chi connectivity index (χ2n) is 5.16. The van der Waals surface area contributed by atoms with Gasteiger partial charge in [0, 0.05) is 17.7 Å². The summed E-state index contributed by atoms with van der Waals surface area (Å²) in [6, 6.07) is 5.75. The van der Waals surface area contributed by atoms with Crippen LogP contribution in [0.5, 0.6) is 0 Å². The molecule has 0 amide bonds. The van der Waals surface area contributed by atoms with Crippen molar-refractivity contribution in [1.82, 2.24) is 0 Å². The number of ether oxygens (including phenoxy) is 3. The maximum Gasteiger partial charge on any atom is 0.269 e. The second-order valence-corrected chi connectivity index (χ2v) is 5.16. The van der Waals surface area contributed by atoms with E-state index in [0.717, 1.165) is 0 Å². The van der Waals surface area contributed by atoms with E-state index in [9.17, 15) is 25.4 Å². The van der Waals surface area contributed by atoms with E-state index in [1.165, 1.54) is 18.2 Å². The molecule has 6 atom stereocenters. The third-order valence-corrected chi connectivity index (χ3v) is 3.71. The first-order valence-corrected chi connectivity index (χ1v) is 6.68. The Balaban J connectivity index is 1.78. The van der Waals surface area contributed by atoms with Gasteiger partial charge in [-0.3, -0.25) is 10.1 Å². The quantitative estimate of drug-likeness (QED) is 0.489. The van der Waals surface area contributed by atoms with Crippen molar-refractivity contribution in [2.24, 2.45) is 0 Å². The van der Waals surface area contributed by atoms with Gasteiger partial charge in [-0.25, -0.2) is 0 Å². The lowest BCUT2D eigenvalue weighted by Gasteiger charge is -2.45. The van der Waals surface area contributed by atoms with Crippen LogP contribution in [-0.4, -0.2) is 57.6 Å². The minimum atomic E-state index is -1.52. The molecule has 3 N–H and O–H groups in total. The average Bonchev–Trinajstić information content (AvgIpc) is 2.52. The molecule has 9 nitrogen and oxygen atoms in total. The zero-order valence-electron chi connectivity index (χ0n) is 11.3. The summed E-state index contributed by atoms with van der Waals surface area (Å²) in [4.78, 5) is 10.3. The van der Waals surface area contributed by atoms with Crippen LogP contribution in [-0.2, 0) is 14.2 Å². The Bertz CT molecular complexity index is 565. The molecule has 1 aromatic rings. The molecule has 2 aliphatic rings. The molecule has 22 heavy (non-hydrogen) atoms. The third-order valence-electron chi connectivity index (χ3n) is 3.71. The Kier molecular flexibility index (Phi) is 4.08. The van der Waals surface area contributed by atoms with E-state index in [1.807, 2.05) is 0 Å². The number of rotatable bonds is 2. The molecule has 0 saturated carbocycles. The van der Waals surface area contributed by atoms with Gasteiger partial charge in [0.1, 0.15) is 24.4 Å². The van der Waals surface area contributed by atoms with Crippen LogP contribution >= 0.6 is 0 Å². The summed E-state index contributed by atoms with van der Waals surface area (Å²) in [5, 5.41) is 39.8. The lowest BCUT2D eigenvalue weighted by atomic mass is 9.98. The maximum absolute atomic E-state index is 10.8. The number of nitrogens with zero attached hydrogens (tertiary/aromatic N) is 1. The molecule has 0 aliphatic carbocycles. The van der Waals surface area contributed by atoms with Gasteiger partial charge in [0.15, 0.2) is 12.6 Å². The summed E-state index contributed by atoms with van der Waals surface area (Å²) in [6.45, 7) is 0.0128. The van der Waals surface area contributed by atoms with Crippen LogP contribution in [0.1, 0.15) is 11.9 Å². The molecule has 2 unspecified atom stereocenters. The Morgan fingerprint density at radius 2 is 1.95 bits per heavy atom. The first-order valence-electron chi connectivity index (χ1n) is 6.68. The molecule has 0 aromatic heterocycles. The lowest BCUT2D eigenvalue weighted by Crippen LogP contribution is -2.61. The number of benzene rings is 1. The summed E-state index contributed by atoms with van der Waals surface area (Å²) >= 11 is 0. The average molecular weight is 313 g/mol. The van der Waals surface area contributed by atoms with E-state index in [0.29, 0.717) is 5.56 Å². The molecule has 120 valence electrons. The van der Waals surface area contributed by atoms with Crippen LogP contribution in [0.3, 0.4) is 0 Å². The Morgan fingerprint density at radius 1 is 1.18 bits per heavy atom. The van der Waals surface area contributed by atoms with Gasteiger partial charge in [0.25, 0.3) is 5.69 Å². The van der Waals surface area contributed by atoms with E-state index in [-0.39, 0.29) is 12.3 Å². The molecule has 2 saturated heterocycles. The van der Waals surface area contributed by atoms with Gasteiger partial charge >= 0.3 is 0 Å². The van der Waals surface area contributed by atoms with Crippen LogP contribution < -0.4 is 0 Å². The molecule has 0 spiro atoms. The monoisotopic (exact) mass is 313 g/mol. The van der Waals surface area contributed by atoms with E-state index in [4.69, 9.17) is 14.2 Å². The topological polar surface area (TPSA) is 132 Å². The van der Waals surface area contributed by atoms with E-state index in [1.54, 1.807) is 6.07 Å². The fourth-order valence-corrected chi connectivity index (χ4v) is 2.55. The molecular formula is C13H15NO8. The van der Waals surface area contributed by atoms with Crippen molar-refractivity contribution >= 4 is 5.69 Å². The van der Waals surface area contributed by atoms with Crippen molar-refractivity contribution in [3.8, 4) is 0 Å².